The highest BCUT2D eigenvalue weighted by atomic mass is 35.5. The first-order valence-electron chi connectivity index (χ1n) is 10.1. The van der Waals surface area contributed by atoms with Crippen LogP contribution in [0.15, 0.2) is 58.5 Å². The molecule has 0 unspecified atom stereocenters. The largest absolute Gasteiger partial charge is 0.324 e. The van der Waals surface area contributed by atoms with E-state index in [0.717, 1.165) is 10.4 Å². The molecule has 1 atom stereocenters. The predicted octanol–water partition coefficient (Wildman–Crippen LogP) is 3.86. The first-order chi connectivity index (χ1) is 15.6. The molecule has 0 bridgehead atoms. The summed E-state index contributed by atoms with van der Waals surface area (Å²) in [4.78, 5) is 29.3. The van der Waals surface area contributed by atoms with Crippen LogP contribution in [0.4, 0.5) is 5.69 Å². The molecule has 1 amide bonds. The quantitative estimate of drug-likeness (QED) is 0.494. The third-order valence-corrected chi connectivity index (χ3v) is 7.69. The van der Waals surface area contributed by atoms with Gasteiger partial charge in [-0.05, 0) is 56.5 Å². The van der Waals surface area contributed by atoms with Gasteiger partial charge in [0, 0.05) is 17.6 Å². The van der Waals surface area contributed by atoms with Crippen LogP contribution in [0.3, 0.4) is 0 Å². The molecular formula is C22H22Cl2N4O4S. The highest BCUT2D eigenvalue weighted by molar-refractivity contribution is 7.91. The van der Waals surface area contributed by atoms with Crippen molar-refractivity contribution in [1.29, 1.82) is 0 Å². The second-order valence-electron chi connectivity index (χ2n) is 7.45. The van der Waals surface area contributed by atoms with E-state index in [-0.39, 0.29) is 26.4 Å². The van der Waals surface area contributed by atoms with Crippen LogP contribution in [0.5, 0.6) is 0 Å². The standard InChI is InChI=1S/C22H22Cl2N4O4S/c1-14-8-9-17(27-21(29)15(2)28-22(30)20(24)18(23)13-26-28)12-19(14)33(31,32)11-5-7-16-6-3-4-10-25-16/h3-4,6,8-10,12-13,15H,5,7,11H2,1-2H3,(H,27,29)/t15-/m1/s1. The molecule has 0 radical (unpaired) electrons. The molecule has 2 aromatic heterocycles. The molecule has 1 N–H and O–H groups in total. The molecule has 0 fully saturated rings. The van der Waals surface area contributed by atoms with E-state index < -0.39 is 27.3 Å². The monoisotopic (exact) mass is 508 g/mol. The fourth-order valence-electron chi connectivity index (χ4n) is 3.17. The van der Waals surface area contributed by atoms with Crippen molar-refractivity contribution in [3.05, 3.63) is 80.4 Å². The minimum atomic E-state index is -3.59. The van der Waals surface area contributed by atoms with Crippen LogP contribution < -0.4 is 10.9 Å². The summed E-state index contributed by atoms with van der Waals surface area (Å²) < 4.78 is 26.8. The molecule has 2 heterocycles. The van der Waals surface area contributed by atoms with Gasteiger partial charge in [-0.25, -0.2) is 13.1 Å². The Balaban J connectivity index is 1.74. The lowest BCUT2D eigenvalue weighted by atomic mass is 10.2. The number of hydrogen-bond donors (Lipinski definition) is 1. The van der Waals surface area contributed by atoms with Gasteiger partial charge in [-0.15, -0.1) is 0 Å². The summed E-state index contributed by atoms with van der Waals surface area (Å²) >= 11 is 11.6. The Morgan fingerprint density at radius 1 is 1.21 bits per heavy atom. The molecule has 3 aromatic rings. The van der Waals surface area contributed by atoms with E-state index in [1.54, 1.807) is 31.3 Å². The third-order valence-electron chi connectivity index (χ3n) is 5.01. The molecule has 1 aromatic carbocycles. The van der Waals surface area contributed by atoms with Crippen molar-refractivity contribution < 1.29 is 13.2 Å². The predicted molar refractivity (Wildman–Crippen MR) is 128 cm³/mol. The Bertz CT molecular complexity index is 1330. The van der Waals surface area contributed by atoms with Gasteiger partial charge in [-0.2, -0.15) is 5.10 Å². The average Bonchev–Trinajstić information content (AvgIpc) is 2.79. The second-order valence-corrected chi connectivity index (χ2v) is 10.3. The normalized spacial score (nSPS) is 12.4. The molecule has 0 spiro atoms. The van der Waals surface area contributed by atoms with E-state index in [2.05, 4.69) is 15.4 Å². The maximum atomic E-state index is 12.9. The highest BCUT2D eigenvalue weighted by Crippen LogP contribution is 2.23. The number of aryl methyl sites for hydroxylation is 2. The van der Waals surface area contributed by atoms with E-state index in [9.17, 15) is 18.0 Å². The van der Waals surface area contributed by atoms with E-state index in [0.29, 0.717) is 18.4 Å². The van der Waals surface area contributed by atoms with Crippen molar-refractivity contribution >= 4 is 44.6 Å². The Morgan fingerprint density at radius 2 is 1.97 bits per heavy atom. The van der Waals surface area contributed by atoms with Crippen LogP contribution >= 0.6 is 23.2 Å². The van der Waals surface area contributed by atoms with Crippen LogP contribution in [0.25, 0.3) is 0 Å². The summed E-state index contributed by atoms with van der Waals surface area (Å²) in [5, 5.41) is 6.24. The SMILES string of the molecule is Cc1ccc(NC(=O)[C@@H](C)n2ncc(Cl)c(Cl)c2=O)cc1S(=O)(=O)CCCc1ccccn1. The number of halogens is 2. The minimum Gasteiger partial charge on any atom is -0.324 e. The number of pyridine rings is 1. The number of nitrogens with one attached hydrogen (secondary N) is 1. The lowest BCUT2D eigenvalue weighted by Crippen LogP contribution is -2.33. The number of rotatable bonds is 8. The third kappa shape index (κ3) is 5.98. The van der Waals surface area contributed by atoms with Crippen molar-refractivity contribution in [2.24, 2.45) is 0 Å². The average molecular weight is 509 g/mol. The fourth-order valence-corrected chi connectivity index (χ4v) is 5.04. The summed E-state index contributed by atoms with van der Waals surface area (Å²) in [6.45, 7) is 3.16. The number of carbonyl (C=O) groups is 1. The molecule has 11 heteroatoms. The van der Waals surface area contributed by atoms with Crippen molar-refractivity contribution in [2.75, 3.05) is 11.1 Å². The minimum absolute atomic E-state index is 0.0121. The Kier molecular flexibility index (Phi) is 7.88. The van der Waals surface area contributed by atoms with E-state index in [1.807, 2.05) is 12.1 Å². The van der Waals surface area contributed by atoms with Gasteiger partial charge in [0.2, 0.25) is 5.91 Å². The zero-order valence-electron chi connectivity index (χ0n) is 18.0. The number of carbonyl (C=O) groups excluding carboxylic acids is 1. The number of amides is 1. The van der Waals surface area contributed by atoms with Crippen LogP contribution in [-0.4, -0.2) is 34.8 Å². The van der Waals surface area contributed by atoms with Gasteiger partial charge in [0.05, 0.1) is 21.9 Å². The van der Waals surface area contributed by atoms with Gasteiger partial charge in [-0.1, -0.05) is 35.3 Å². The Morgan fingerprint density at radius 3 is 2.67 bits per heavy atom. The van der Waals surface area contributed by atoms with Crippen LogP contribution in [0, 0.1) is 6.92 Å². The molecule has 33 heavy (non-hydrogen) atoms. The number of benzene rings is 1. The molecule has 0 aliphatic heterocycles. The van der Waals surface area contributed by atoms with E-state index in [1.165, 1.54) is 19.2 Å². The summed E-state index contributed by atoms with van der Waals surface area (Å²) in [6.07, 6.45) is 3.80. The summed E-state index contributed by atoms with van der Waals surface area (Å²) in [5.74, 6) is -0.619. The van der Waals surface area contributed by atoms with Crippen molar-refractivity contribution in [3.63, 3.8) is 0 Å². The molecular weight excluding hydrogens is 487 g/mol. The molecule has 0 aliphatic rings. The number of nitrogens with zero attached hydrogens (tertiary/aromatic N) is 3. The van der Waals surface area contributed by atoms with Gasteiger partial charge in [0.25, 0.3) is 5.56 Å². The van der Waals surface area contributed by atoms with Crippen molar-refractivity contribution in [1.82, 2.24) is 14.8 Å². The number of anilines is 1. The smallest absolute Gasteiger partial charge is 0.287 e. The van der Waals surface area contributed by atoms with Crippen molar-refractivity contribution in [3.8, 4) is 0 Å². The highest BCUT2D eigenvalue weighted by Gasteiger charge is 2.22. The Labute approximate surface area is 201 Å². The molecule has 8 nitrogen and oxygen atoms in total. The van der Waals surface area contributed by atoms with E-state index in [4.69, 9.17) is 23.2 Å². The molecule has 0 aliphatic carbocycles. The van der Waals surface area contributed by atoms with Gasteiger partial charge in [0.1, 0.15) is 11.1 Å². The lowest BCUT2D eigenvalue weighted by molar-refractivity contribution is -0.119. The van der Waals surface area contributed by atoms with E-state index >= 15 is 0 Å². The second kappa shape index (κ2) is 10.5. The maximum absolute atomic E-state index is 12.9. The lowest BCUT2D eigenvalue weighted by Gasteiger charge is -2.15. The number of aromatic nitrogens is 3. The van der Waals surface area contributed by atoms with Crippen LogP contribution in [0.2, 0.25) is 10.0 Å². The first-order valence-corrected chi connectivity index (χ1v) is 12.5. The molecule has 3 rings (SSSR count). The van der Waals surface area contributed by atoms with Gasteiger partial charge in [0.15, 0.2) is 9.84 Å². The summed E-state index contributed by atoms with van der Waals surface area (Å²) in [5.41, 5.74) is 0.979. The molecule has 0 saturated heterocycles. The number of sulfone groups is 1. The summed E-state index contributed by atoms with van der Waals surface area (Å²) in [7, 11) is -3.59. The molecule has 174 valence electrons. The van der Waals surface area contributed by atoms with Crippen molar-refractivity contribution in [2.45, 2.75) is 37.6 Å². The molecule has 0 saturated carbocycles. The topological polar surface area (TPSA) is 111 Å². The maximum Gasteiger partial charge on any atom is 0.287 e. The van der Waals surface area contributed by atoms with Gasteiger partial charge in [-0.3, -0.25) is 14.6 Å². The fraction of sp³-hybridized carbons (Fsp3) is 0.273. The van der Waals surface area contributed by atoms with Gasteiger partial charge >= 0.3 is 0 Å². The zero-order chi connectivity index (χ0) is 24.2. The summed E-state index contributed by atoms with van der Waals surface area (Å²) in [6, 6.07) is 9.14. The number of hydrogen-bond acceptors (Lipinski definition) is 6. The van der Waals surface area contributed by atoms with Crippen LogP contribution in [0.1, 0.15) is 30.6 Å². The zero-order valence-corrected chi connectivity index (χ0v) is 20.3. The first kappa shape index (κ1) is 24.9. The van der Waals surface area contributed by atoms with Crippen LogP contribution in [-0.2, 0) is 21.1 Å². The van der Waals surface area contributed by atoms with Gasteiger partial charge < -0.3 is 5.32 Å². The Hall–Kier alpha value is -2.75.